The average Bonchev–Trinajstić information content (AvgIpc) is 3.21. The van der Waals surface area contributed by atoms with Crippen LogP contribution in [0.4, 0.5) is 0 Å². The molecule has 6 heteroatoms. The van der Waals surface area contributed by atoms with Crippen LogP contribution in [0.5, 0.6) is 0 Å². The van der Waals surface area contributed by atoms with Gasteiger partial charge in [0.15, 0.2) is 5.82 Å². The topological polar surface area (TPSA) is 62.5 Å². The minimum atomic E-state index is 0.246. The van der Waals surface area contributed by atoms with Gasteiger partial charge in [-0.15, -0.1) is 0 Å². The van der Waals surface area contributed by atoms with Gasteiger partial charge in [-0.1, -0.05) is 5.16 Å². The molecule has 4 aliphatic rings. The molecule has 19 heavy (non-hydrogen) atoms. The Labute approximate surface area is 111 Å². The van der Waals surface area contributed by atoms with Gasteiger partial charge < -0.3 is 4.52 Å². The number of aromatic nitrogens is 2. The number of Topliss-reactive ketones (excluding diaryl/α,β-unsaturated/α-hetero) is 1. The van der Waals surface area contributed by atoms with Crippen molar-refractivity contribution in [2.75, 3.05) is 32.7 Å². The Kier molecular flexibility index (Phi) is 2.66. The number of hydrogen-bond donors (Lipinski definition) is 0. The third-order valence-electron chi connectivity index (χ3n) is 4.42. The van der Waals surface area contributed by atoms with Gasteiger partial charge >= 0.3 is 0 Å². The number of rotatable bonds is 4. The summed E-state index contributed by atoms with van der Waals surface area (Å²) >= 11 is 0. The lowest BCUT2D eigenvalue weighted by Crippen LogP contribution is -2.57. The smallest absolute Gasteiger partial charge is 0.234 e. The second-order valence-electron chi connectivity index (χ2n) is 5.82. The zero-order valence-corrected chi connectivity index (χ0v) is 10.9. The van der Waals surface area contributed by atoms with E-state index in [4.69, 9.17) is 4.52 Å². The molecule has 1 saturated carbocycles. The van der Waals surface area contributed by atoms with Gasteiger partial charge in [-0.3, -0.25) is 14.6 Å². The van der Waals surface area contributed by atoms with Crippen LogP contribution in [0.2, 0.25) is 0 Å². The van der Waals surface area contributed by atoms with E-state index in [9.17, 15) is 4.79 Å². The fraction of sp³-hybridized carbons (Fsp3) is 0.769. The number of nitrogens with zero attached hydrogens (tertiary/aromatic N) is 4. The van der Waals surface area contributed by atoms with E-state index < -0.39 is 0 Å². The lowest BCUT2D eigenvalue weighted by molar-refractivity contribution is -0.119. The van der Waals surface area contributed by atoms with E-state index in [0.29, 0.717) is 12.3 Å². The highest BCUT2D eigenvalue weighted by molar-refractivity contribution is 5.84. The van der Waals surface area contributed by atoms with Crippen LogP contribution in [0.25, 0.3) is 0 Å². The highest BCUT2D eigenvalue weighted by Gasteiger charge is 2.36. The molecule has 0 spiro atoms. The van der Waals surface area contributed by atoms with Crippen molar-refractivity contribution in [1.82, 2.24) is 19.9 Å². The first kappa shape index (κ1) is 11.5. The second kappa shape index (κ2) is 4.38. The quantitative estimate of drug-likeness (QED) is 0.776. The molecule has 4 heterocycles. The van der Waals surface area contributed by atoms with E-state index in [1.165, 1.54) is 0 Å². The molecule has 3 aliphatic heterocycles. The van der Waals surface area contributed by atoms with Crippen molar-refractivity contribution >= 4 is 5.78 Å². The number of piperazine rings is 3. The summed E-state index contributed by atoms with van der Waals surface area (Å²) in [5, 5.41) is 4.08. The molecule has 1 unspecified atom stereocenters. The molecule has 0 amide bonds. The van der Waals surface area contributed by atoms with Crippen LogP contribution < -0.4 is 0 Å². The first-order valence-corrected chi connectivity index (χ1v) is 7.11. The molecule has 2 bridgehead atoms. The maximum atomic E-state index is 11.7. The van der Waals surface area contributed by atoms with Crippen molar-refractivity contribution in [3.8, 4) is 0 Å². The van der Waals surface area contributed by atoms with Crippen LogP contribution in [-0.2, 0) is 11.2 Å². The lowest BCUT2D eigenvalue weighted by atomic mass is 10.1. The molecule has 1 atom stereocenters. The molecule has 1 aromatic rings. The number of fused-ring (bicyclic) bond motifs is 3. The third-order valence-corrected chi connectivity index (χ3v) is 4.42. The maximum Gasteiger partial charge on any atom is 0.234 e. The van der Waals surface area contributed by atoms with Crippen LogP contribution in [0.3, 0.4) is 0 Å². The van der Waals surface area contributed by atoms with Gasteiger partial charge in [-0.25, -0.2) is 0 Å². The van der Waals surface area contributed by atoms with Crippen molar-refractivity contribution in [2.45, 2.75) is 25.3 Å². The molecular weight excluding hydrogens is 244 g/mol. The molecule has 0 radical (unpaired) electrons. The maximum absolute atomic E-state index is 11.7. The molecule has 3 saturated heterocycles. The SMILES string of the molecule is O=C(Cc1nc(C2CN3CCN2CC3)no1)C1CC1. The Morgan fingerprint density at radius 1 is 1.26 bits per heavy atom. The summed E-state index contributed by atoms with van der Waals surface area (Å²) in [6, 6.07) is 0.246. The van der Waals surface area contributed by atoms with Gasteiger partial charge in [0.25, 0.3) is 0 Å². The molecular formula is C13H18N4O2. The van der Waals surface area contributed by atoms with Crippen LogP contribution >= 0.6 is 0 Å². The second-order valence-corrected chi connectivity index (χ2v) is 5.82. The van der Waals surface area contributed by atoms with Gasteiger partial charge in [-0.05, 0) is 12.8 Å². The van der Waals surface area contributed by atoms with Crippen molar-refractivity contribution in [3.63, 3.8) is 0 Å². The summed E-state index contributed by atoms with van der Waals surface area (Å²) in [7, 11) is 0. The molecule has 0 N–H and O–H groups in total. The number of ketones is 1. The van der Waals surface area contributed by atoms with E-state index in [1.54, 1.807) is 0 Å². The third kappa shape index (κ3) is 2.19. The monoisotopic (exact) mass is 262 g/mol. The van der Waals surface area contributed by atoms with E-state index in [2.05, 4.69) is 19.9 Å². The van der Waals surface area contributed by atoms with Crippen molar-refractivity contribution < 1.29 is 9.32 Å². The van der Waals surface area contributed by atoms with Gasteiger partial charge in [0.1, 0.15) is 5.78 Å². The molecule has 102 valence electrons. The zero-order chi connectivity index (χ0) is 12.8. The van der Waals surface area contributed by atoms with Gasteiger partial charge in [0, 0.05) is 38.6 Å². The summed E-state index contributed by atoms with van der Waals surface area (Å²) in [6.07, 6.45) is 2.38. The summed E-state index contributed by atoms with van der Waals surface area (Å²) in [6.45, 7) is 5.42. The number of hydrogen-bond acceptors (Lipinski definition) is 6. The largest absolute Gasteiger partial charge is 0.339 e. The Hall–Kier alpha value is -1.27. The van der Waals surface area contributed by atoms with Gasteiger partial charge in [-0.2, -0.15) is 4.98 Å². The summed E-state index contributed by atoms with van der Waals surface area (Å²) in [5.41, 5.74) is 0. The highest BCUT2D eigenvalue weighted by Crippen LogP contribution is 2.31. The zero-order valence-electron chi connectivity index (χ0n) is 10.9. The predicted molar refractivity (Wildman–Crippen MR) is 66.5 cm³/mol. The summed E-state index contributed by atoms with van der Waals surface area (Å²) in [4.78, 5) is 21.0. The van der Waals surface area contributed by atoms with Crippen molar-refractivity contribution in [2.24, 2.45) is 5.92 Å². The first-order valence-electron chi connectivity index (χ1n) is 7.11. The fourth-order valence-electron chi connectivity index (χ4n) is 3.04. The van der Waals surface area contributed by atoms with Crippen LogP contribution in [-0.4, -0.2) is 58.4 Å². The Morgan fingerprint density at radius 3 is 2.68 bits per heavy atom. The predicted octanol–water partition coefficient (Wildman–Crippen LogP) is 0.264. The Bertz CT molecular complexity index is 489. The van der Waals surface area contributed by atoms with Crippen LogP contribution in [0.1, 0.15) is 30.6 Å². The molecule has 4 fully saturated rings. The Morgan fingerprint density at radius 2 is 2.05 bits per heavy atom. The fourth-order valence-corrected chi connectivity index (χ4v) is 3.04. The van der Waals surface area contributed by atoms with E-state index >= 15 is 0 Å². The average molecular weight is 262 g/mol. The van der Waals surface area contributed by atoms with E-state index in [0.717, 1.165) is 51.4 Å². The molecule has 5 rings (SSSR count). The minimum Gasteiger partial charge on any atom is -0.339 e. The highest BCUT2D eigenvalue weighted by atomic mass is 16.5. The van der Waals surface area contributed by atoms with Crippen molar-refractivity contribution in [1.29, 1.82) is 0 Å². The van der Waals surface area contributed by atoms with E-state index in [-0.39, 0.29) is 17.7 Å². The normalized spacial score (nSPS) is 33.6. The molecule has 1 aliphatic carbocycles. The number of carbonyl (C=O) groups excluding carboxylic acids is 1. The van der Waals surface area contributed by atoms with Crippen LogP contribution in [0.15, 0.2) is 4.52 Å². The van der Waals surface area contributed by atoms with Crippen LogP contribution in [0, 0.1) is 5.92 Å². The summed E-state index contributed by atoms with van der Waals surface area (Å²) < 4.78 is 5.25. The molecule has 0 aromatic carbocycles. The van der Waals surface area contributed by atoms with E-state index in [1.807, 2.05) is 0 Å². The minimum absolute atomic E-state index is 0.246. The van der Waals surface area contributed by atoms with Crippen molar-refractivity contribution in [3.05, 3.63) is 11.7 Å². The number of carbonyl (C=O) groups is 1. The van der Waals surface area contributed by atoms with Gasteiger partial charge in [0.05, 0.1) is 12.5 Å². The lowest BCUT2D eigenvalue weighted by Gasteiger charge is -2.46. The standard InChI is InChI=1S/C13H18N4O2/c18-11(9-1-2-9)7-12-14-13(15-19-12)10-8-16-3-5-17(10)6-4-16/h9-10H,1-8H2. The first-order chi connectivity index (χ1) is 9.29. The van der Waals surface area contributed by atoms with Gasteiger partial charge in [0.2, 0.25) is 5.89 Å². The Balaban J connectivity index is 1.46. The summed E-state index contributed by atoms with van der Waals surface area (Å²) in [5.74, 6) is 1.76. The molecule has 6 nitrogen and oxygen atoms in total. The molecule has 1 aromatic heterocycles.